The fraction of sp³-hybridized carbons (Fsp3) is 0.158. The van der Waals surface area contributed by atoms with Crippen molar-refractivity contribution in [3.05, 3.63) is 87.1 Å². The van der Waals surface area contributed by atoms with E-state index in [-0.39, 0.29) is 0 Å². The molecule has 0 unspecified atom stereocenters. The number of hydrogen-bond donors (Lipinski definition) is 1. The molecular weight excluding hydrogens is 326 g/mol. The van der Waals surface area contributed by atoms with Crippen LogP contribution in [0.5, 0.6) is 5.75 Å². The van der Waals surface area contributed by atoms with Crippen molar-refractivity contribution >= 4 is 22.9 Å². The van der Waals surface area contributed by atoms with Crippen LogP contribution < -0.4 is 10.1 Å². The maximum atomic E-state index is 6.13. The number of hydrogen-bond acceptors (Lipinski definition) is 3. The predicted octanol–water partition coefficient (Wildman–Crippen LogP) is 5.27. The monoisotopic (exact) mass is 343 g/mol. The molecule has 0 saturated carbocycles. The smallest absolute Gasteiger partial charge is 0.124 e. The van der Waals surface area contributed by atoms with Crippen LogP contribution in [0.4, 0.5) is 0 Å². The summed E-state index contributed by atoms with van der Waals surface area (Å²) in [6.45, 7) is 2.13. The second kappa shape index (κ2) is 8.16. The van der Waals surface area contributed by atoms with E-state index in [1.54, 1.807) is 11.3 Å². The van der Waals surface area contributed by atoms with Gasteiger partial charge < -0.3 is 10.1 Å². The standard InChI is InChI=1S/C19H18ClNOS/c20-17-8-9-19(22-14-15-5-2-1-3-6-15)16(11-17)12-21-13-18-7-4-10-23-18/h1-11,21H,12-14H2. The minimum absolute atomic E-state index is 0.556. The number of thiophene rings is 1. The zero-order chi connectivity index (χ0) is 15.9. The molecule has 118 valence electrons. The molecule has 0 aliphatic rings. The van der Waals surface area contributed by atoms with E-state index in [9.17, 15) is 0 Å². The van der Waals surface area contributed by atoms with E-state index in [0.717, 1.165) is 35.0 Å². The molecular formula is C19H18ClNOS. The first kappa shape index (κ1) is 16.1. The summed E-state index contributed by atoms with van der Waals surface area (Å²) in [7, 11) is 0. The lowest BCUT2D eigenvalue weighted by Gasteiger charge is -2.13. The molecule has 0 fully saturated rings. The minimum atomic E-state index is 0.556. The summed E-state index contributed by atoms with van der Waals surface area (Å²) in [4.78, 5) is 1.32. The summed E-state index contributed by atoms with van der Waals surface area (Å²) in [6.07, 6.45) is 0. The van der Waals surface area contributed by atoms with Gasteiger partial charge >= 0.3 is 0 Å². The van der Waals surface area contributed by atoms with Crippen molar-refractivity contribution < 1.29 is 4.74 Å². The molecule has 0 spiro atoms. The average molecular weight is 344 g/mol. The molecule has 0 saturated heterocycles. The number of halogens is 1. The molecule has 0 radical (unpaired) electrons. The second-order valence-corrected chi connectivity index (χ2v) is 6.68. The molecule has 3 aromatic rings. The van der Waals surface area contributed by atoms with Crippen LogP contribution in [-0.2, 0) is 19.7 Å². The number of benzene rings is 2. The summed E-state index contributed by atoms with van der Waals surface area (Å²) >= 11 is 7.88. The van der Waals surface area contributed by atoms with E-state index < -0.39 is 0 Å². The topological polar surface area (TPSA) is 21.3 Å². The molecule has 0 bridgehead atoms. The van der Waals surface area contributed by atoms with Crippen LogP contribution in [0.1, 0.15) is 16.0 Å². The lowest BCUT2D eigenvalue weighted by atomic mass is 10.2. The number of nitrogens with one attached hydrogen (secondary N) is 1. The Bertz CT molecular complexity index is 728. The first-order valence-electron chi connectivity index (χ1n) is 7.49. The predicted molar refractivity (Wildman–Crippen MR) is 97.1 cm³/mol. The minimum Gasteiger partial charge on any atom is -0.489 e. The fourth-order valence-electron chi connectivity index (χ4n) is 2.30. The highest BCUT2D eigenvalue weighted by molar-refractivity contribution is 7.09. The van der Waals surface area contributed by atoms with Crippen molar-refractivity contribution in [2.45, 2.75) is 19.7 Å². The van der Waals surface area contributed by atoms with E-state index in [1.165, 1.54) is 4.88 Å². The van der Waals surface area contributed by atoms with E-state index >= 15 is 0 Å². The third kappa shape index (κ3) is 4.83. The van der Waals surface area contributed by atoms with Crippen LogP contribution >= 0.6 is 22.9 Å². The van der Waals surface area contributed by atoms with Gasteiger partial charge in [0.1, 0.15) is 12.4 Å². The van der Waals surface area contributed by atoms with Crippen molar-refractivity contribution in [3.8, 4) is 5.75 Å². The largest absolute Gasteiger partial charge is 0.489 e. The molecule has 0 aliphatic carbocycles. The van der Waals surface area contributed by atoms with Gasteiger partial charge in [0, 0.05) is 28.6 Å². The van der Waals surface area contributed by atoms with Gasteiger partial charge in [-0.3, -0.25) is 0 Å². The molecule has 2 nitrogen and oxygen atoms in total. The van der Waals surface area contributed by atoms with Crippen molar-refractivity contribution in [3.63, 3.8) is 0 Å². The summed E-state index contributed by atoms with van der Waals surface area (Å²) in [5, 5.41) is 6.26. The Balaban J connectivity index is 1.62. The second-order valence-electron chi connectivity index (χ2n) is 5.21. The van der Waals surface area contributed by atoms with E-state index in [1.807, 2.05) is 36.4 Å². The lowest BCUT2D eigenvalue weighted by molar-refractivity contribution is 0.302. The van der Waals surface area contributed by atoms with Gasteiger partial charge in [-0.1, -0.05) is 48.0 Å². The van der Waals surface area contributed by atoms with Gasteiger partial charge in [0.2, 0.25) is 0 Å². The highest BCUT2D eigenvalue weighted by Crippen LogP contribution is 2.24. The molecule has 0 atom stereocenters. The summed E-state index contributed by atoms with van der Waals surface area (Å²) in [5.41, 5.74) is 2.23. The Hall–Kier alpha value is -1.81. The summed E-state index contributed by atoms with van der Waals surface area (Å²) < 4.78 is 5.97. The van der Waals surface area contributed by atoms with Crippen molar-refractivity contribution in [2.24, 2.45) is 0 Å². The third-order valence-electron chi connectivity index (χ3n) is 3.45. The van der Waals surface area contributed by atoms with Crippen LogP contribution in [0.3, 0.4) is 0 Å². The van der Waals surface area contributed by atoms with Crippen LogP contribution in [-0.4, -0.2) is 0 Å². The number of ether oxygens (including phenoxy) is 1. The van der Waals surface area contributed by atoms with Gasteiger partial charge in [-0.2, -0.15) is 0 Å². The van der Waals surface area contributed by atoms with E-state index in [0.29, 0.717) is 6.61 Å². The molecule has 1 aromatic heterocycles. The van der Waals surface area contributed by atoms with Crippen molar-refractivity contribution in [2.75, 3.05) is 0 Å². The zero-order valence-corrected chi connectivity index (χ0v) is 14.2. The van der Waals surface area contributed by atoms with Gasteiger partial charge in [-0.25, -0.2) is 0 Å². The van der Waals surface area contributed by atoms with Gasteiger partial charge in [-0.15, -0.1) is 11.3 Å². The Morgan fingerprint density at radius 2 is 1.83 bits per heavy atom. The van der Waals surface area contributed by atoms with Gasteiger partial charge in [0.25, 0.3) is 0 Å². The molecule has 23 heavy (non-hydrogen) atoms. The SMILES string of the molecule is Clc1ccc(OCc2ccccc2)c(CNCc2cccs2)c1. The van der Waals surface area contributed by atoms with Gasteiger partial charge in [0.05, 0.1) is 0 Å². The van der Waals surface area contributed by atoms with Gasteiger partial charge in [0.15, 0.2) is 0 Å². The normalized spacial score (nSPS) is 10.7. The number of rotatable bonds is 7. The van der Waals surface area contributed by atoms with E-state index in [2.05, 4.69) is 35.0 Å². The molecule has 3 rings (SSSR count). The lowest BCUT2D eigenvalue weighted by Crippen LogP contribution is -2.13. The summed E-state index contributed by atoms with van der Waals surface area (Å²) in [5.74, 6) is 0.872. The highest BCUT2D eigenvalue weighted by Gasteiger charge is 2.06. The first-order chi connectivity index (χ1) is 11.3. The van der Waals surface area contributed by atoms with Crippen molar-refractivity contribution in [1.82, 2.24) is 5.32 Å². The van der Waals surface area contributed by atoms with Crippen LogP contribution in [0, 0.1) is 0 Å². The zero-order valence-electron chi connectivity index (χ0n) is 12.7. The molecule has 1 heterocycles. The molecule has 2 aromatic carbocycles. The third-order valence-corrected chi connectivity index (χ3v) is 4.57. The Morgan fingerprint density at radius 1 is 0.957 bits per heavy atom. The molecule has 0 amide bonds. The van der Waals surface area contributed by atoms with Crippen LogP contribution in [0.25, 0.3) is 0 Å². The Labute approximate surface area is 145 Å². The molecule has 4 heteroatoms. The molecule has 1 N–H and O–H groups in total. The highest BCUT2D eigenvalue weighted by atomic mass is 35.5. The maximum Gasteiger partial charge on any atom is 0.124 e. The Morgan fingerprint density at radius 3 is 2.61 bits per heavy atom. The Kier molecular flexibility index (Phi) is 5.70. The quantitative estimate of drug-likeness (QED) is 0.631. The summed E-state index contributed by atoms with van der Waals surface area (Å²) in [6, 6.07) is 20.1. The van der Waals surface area contributed by atoms with E-state index in [4.69, 9.17) is 16.3 Å². The first-order valence-corrected chi connectivity index (χ1v) is 8.75. The average Bonchev–Trinajstić information content (AvgIpc) is 3.08. The van der Waals surface area contributed by atoms with Crippen LogP contribution in [0.2, 0.25) is 5.02 Å². The van der Waals surface area contributed by atoms with Gasteiger partial charge in [-0.05, 0) is 35.2 Å². The molecule has 0 aliphatic heterocycles. The van der Waals surface area contributed by atoms with Crippen molar-refractivity contribution in [1.29, 1.82) is 0 Å². The maximum absolute atomic E-state index is 6.13. The fourth-order valence-corrected chi connectivity index (χ4v) is 3.16. The van der Waals surface area contributed by atoms with Crippen LogP contribution in [0.15, 0.2) is 66.0 Å².